The molecule has 1 aliphatic rings. The Morgan fingerprint density at radius 2 is 1.63 bits per heavy atom. The molecular weight excluding hydrogens is 416 g/mol. The number of nitrogens with zero attached hydrogens (tertiary/aromatic N) is 1. The molecule has 0 bridgehead atoms. The Hall–Kier alpha value is -3.44. The molecule has 0 amide bonds. The molecule has 0 radical (unpaired) electrons. The summed E-state index contributed by atoms with van der Waals surface area (Å²) in [5.74, 6) is -2.88. The number of carboxylic acid groups (broad SMARTS) is 1. The topological polar surface area (TPSA) is 139 Å². The molecule has 1 unspecified atom stereocenters. The molecule has 0 saturated carbocycles. The highest BCUT2D eigenvalue weighted by molar-refractivity contribution is 7.89. The molecule has 10 nitrogen and oxygen atoms in total. The maximum absolute atomic E-state index is 12.4. The molecule has 0 spiro atoms. The van der Waals surface area contributed by atoms with E-state index in [-0.39, 0.29) is 16.2 Å². The van der Waals surface area contributed by atoms with Crippen LogP contribution in [0.5, 0.6) is 0 Å². The van der Waals surface area contributed by atoms with Crippen LogP contribution in [0.25, 0.3) is 0 Å². The number of carbonyl (C=O) groups is 3. The maximum atomic E-state index is 12.4. The van der Waals surface area contributed by atoms with Gasteiger partial charge in [-0.15, -0.1) is 0 Å². The highest BCUT2D eigenvalue weighted by atomic mass is 32.2. The van der Waals surface area contributed by atoms with Crippen molar-refractivity contribution in [1.29, 1.82) is 0 Å². The third kappa shape index (κ3) is 4.93. The van der Waals surface area contributed by atoms with E-state index in [2.05, 4.69) is 0 Å². The van der Waals surface area contributed by atoms with Gasteiger partial charge < -0.3 is 19.5 Å². The van der Waals surface area contributed by atoms with E-state index in [1.54, 1.807) is 6.08 Å². The SMILES string of the molecule is COC(=O)C1=C(C(=O)OC)N(c2ccc(S(=O)(=O)NC(C)C(=O)O)cc2)C=CC=C1. The number of aliphatic carboxylic acids is 1. The zero-order valence-electron chi connectivity index (χ0n) is 16.4. The van der Waals surface area contributed by atoms with E-state index in [4.69, 9.17) is 14.6 Å². The maximum Gasteiger partial charge on any atom is 0.355 e. The molecule has 1 aromatic rings. The van der Waals surface area contributed by atoms with Gasteiger partial charge >= 0.3 is 17.9 Å². The van der Waals surface area contributed by atoms with Crippen molar-refractivity contribution in [2.45, 2.75) is 17.9 Å². The van der Waals surface area contributed by atoms with Crippen molar-refractivity contribution in [1.82, 2.24) is 4.72 Å². The summed E-state index contributed by atoms with van der Waals surface area (Å²) in [5.41, 5.74) is 0.174. The lowest BCUT2D eigenvalue weighted by Crippen LogP contribution is -2.38. The first-order chi connectivity index (χ1) is 14.1. The molecule has 0 aromatic heterocycles. The van der Waals surface area contributed by atoms with Gasteiger partial charge in [0.1, 0.15) is 11.7 Å². The fraction of sp³-hybridized carbons (Fsp3) is 0.211. The lowest BCUT2D eigenvalue weighted by molar-refractivity contribution is -0.139. The number of nitrogens with one attached hydrogen (secondary N) is 1. The zero-order chi connectivity index (χ0) is 22.5. The van der Waals surface area contributed by atoms with Crippen molar-refractivity contribution < 1.29 is 37.4 Å². The Balaban J connectivity index is 2.48. The highest BCUT2D eigenvalue weighted by Gasteiger charge is 2.28. The van der Waals surface area contributed by atoms with Gasteiger partial charge in [0.2, 0.25) is 10.0 Å². The fourth-order valence-corrected chi connectivity index (χ4v) is 3.70. The van der Waals surface area contributed by atoms with Crippen molar-refractivity contribution in [3.8, 4) is 0 Å². The molecule has 1 heterocycles. The van der Waals surface area contributed by atoms with E-state index in [0.29, 0.717) is 5.69 Å². The number of anilines is 1. The minimum Gasteiger partial charge on any atom is -0.480 e. The van der Waals surface area contributed by atoms with Gasteiger partial charge in [0, 0.05) is 11.9 Å². The van der Waals surface area contributed by atoms with Crippen LogP contribution in [0.15, 0.2) is 64.9 Å². The molecule has 0 saturated heterocycles. The normalized spacial score (nSPS) is 14.8. The molecule has 2 rings (SSSR count). The number of hydrogen-bond acceptors (Lipinski definition) is 8. The Kier molecular flexibility index (Phi) is 7.14. The van der Waals surface area contributed by atoms with Crippen LogP contribution in [0, 0.1) is 0 Å². The largest absolute Gasteiger partial charge is 0.480 e. The molecular formula is C19H20N2O8S. The number of allylic oxidation sites excluding steroid dienone is 2. The first-order valence-corrected chi connectivity index (χ1v) is 10.0. The first-order valence-electron chi connectivity index (χ1n) is 8.52. The Morgan fingerprint density at radius 3 is 2.17 bits per heavy atom. The summed E-state index contributed by atoms with van der Waals surface area (Å²) in [7, 11) is -1.75. The number of hydrogen-bond donors (Lipinski definition) is 2. The Bertz CT molecular complexity index is 1040. The van der Waals surface area contributed by atoms with Crippen molar-refractivity contribution in [3.05, 3.63) is 60.0 Å². The van der Waals surface area contributed by atoms with E-state index in [9.17, 15) is 22.8 Å². The third-order valence-electron chi connectivity index (χ3n) is 4.02. The van der Waals surface area contributed by atoms with Crippen LogP contribution in [0.2, 0.25) is 0 Å². The second kappa shape index (κ2) is 9.37. The molecule has 0 fully saturated rings. The van der Waals surface area contributed by atoms with Crippen molar-refractivity contribution in [3.63, 3.8) is 0 Å². The van der Waals surface area contributed by atoms with Gasteiger partial charge in [-0.3, -0.25) is 4.79 Å². The number of sulfonamides is 1. The van der Waals surface area contributed by atoms with E-state index >= 15 is 0 Å². The van der Waals surface area contributed by atoms with Crippen LogP contribution in [0.4, 0.5) is 5.69 Å². The summed E-state index contributed by atoms with van der Waals surface area (Å²) in [6, 6.07) is 3.96. The van der Waals surface area contributed by atoms with Gasteiger partial charge in [0.25, 0.3) is 0 Å². The molecule has 1 aromatic carbocycles. The number of esters is 2. The Morgan fingerprint density at radius 1 is 1.03 bits per heavy atom. The number of rotatable bonds is 7. The third-order valence-corrected chi connectivity index (χ3v) is 5.57. The average Bonchev–Trinajstić information content (AvgIpc) is 2.95. The van der Waals surface area contributed by atoms with Gasteiger partial charge in [-0.1, -0.05) is 6.08 Å². The second-order valence-electron chi connectivity index (χ2n) is 5.99. The van der Waals surface area contributed by atoms with Crippen LogP contribution in [-0.4, -0.2) is 51.7 Å². The smallest absolute Gasteiger partial charge is 0.355 e. The summed E-state index contributed by atoms with van der Waals surface area (Å²) >= 11 is 0. The van der Waals surface area contributed by atoms with E-state index in [0.717, 1.165) is 7.11 Å². The van der Waals surface area contributed by atoms with Gasteiger partial charge in [0.05, 0.1) is 24.7 Å². The van der Waals surface area contributed by atoms with Gasteiger partial charge in [-0.05, 0) is 43.3 Å². The number of ether oxygens (including phenoxy) is 2. The van der Waals surface area contributed by atoms with Gasteiger partial charge in [-0.2, -0.15) is 4.72 Å². The molecule has 160 valence electrons. The molecule has 0 aliphatic carbocycles. The van der Waals surface area contributed by atoms with Crippen LogP contribution in [-0.2, 0) is 33.9 Å². The van der Waals surface area contributed by atoms with E-state index < -0.39 is 34.0 Å². The van der Waals surface area contributed by atoms with Crippen molar-refractivity contribution in [2.75, 3.05) is 19.1 Å². The first kappa shape index (κ1) is 22.8. The van der Waals surface area contributed by atoms with Crippen molar-refractivity contribution in [2.24, 2.45) is 0 Å². The lowest BCUT2D eigenvalue weighted by atomic mass is 10.1. The number of carboxylic acids is 1. The summed E-state index contributed by atoms with van der Waals surface area (Å²) in [6.45, 7) is 1.20. The highest BCUT2D eigenvalue weighted by Crippen LogP contribution is 2.27. The molecule has 1 aliphatic heterocycles. The quantitative estimate of drug-likeness (QED) is 0.597. The molecule has 2 N–H and O–H groups in total. The molecule has 1 atom stereocenters. The van der Waals surface area contributed by atoms with E-state index in [1.807, 2.05) is 4.72 Å². The fourth-order valence-electron chi connectivity index (χ4n) is 2.50. The Labute approximate surface area is 173 Å². The van der Waals surface area contributed by atoms with E-state index in [1.165, 1.54) is 61.6 Å². The predicted octanol–water partition coefficient (Wildman–Crippen LogP) is 0.928. The standard InChI is InChI=1S/C19H20N2O8S/c1-12(17(22)23)20-30(26,27)14-9-7-13(8-10-14)21-11-5-4-6-15(18(24)28-2)16(21)19(25)29-3/h4-12,20H,1-3H3,(H,22,23). The predicted molar refractivity (Wildman–Crippen MR) is 106 cm³/mol. The van der Waals surface area contributed by atoms with Crippen LogP contribution >= 0.6 is 0 Å². The van der Waals surface area contributed by atoms with Gasteiger partial charge in [0.15, 0.2) is 0 Å². The summed E-state index contributed by atoms with van der Waals surface area (Å²) < 4.78 is 36.2. The summed E-state index contributed by atoms with van der Waals surface area (Å²) in [6.07, 6.45) is 5.99. The number of carbonyl (C=O) groups excluding carboxylic acids is 2. The zero-order valence-corrected chi connectivity index (χ0v) is 17.2. The average molecular weight is 436 g/mol. The minimum absolute atomic E-state index is 0.0528. The minimum atomic E-state index is -4.08. The van der Waals surface area contributed by atoms with Crippen molar-refractivity contribution >= 4 is 33.6 Å². The molecule has 30 heavy (non-hydrogen) atoms. The summed E-state index contributed by atoms with van der Waals surface area (Å²) in [4.78, 5) is 36.6. The summed E-state index contributed by atoms with van der Waals surface area (Å²) in [5, 5.41) is 8.89. The second-order valence-corrected chi connectivity index (χ2v) is 7.71. The van der Waals surface area contributed by atoms with Crippen LogP contribution in [0.3, 0.4) is 0 Å². The monoisotopic (exact) mass is 436 g/mol. The number of methoxy groups -OCH3 is 2. The number of benzene rings is 1. The molecule has 11 heteroatoms. The van der Waals surface area contributed by atoms with Gasteiger partial charge in [-0.25, -0.2) is 18.0 Å². The lowest BCUT2D eigenvalue weighted by Gasteiger charge is -2.23. The van der Waals surface area contributed by atoms with Crippen LogP contribution in [0.1, 0.15) is 6.92 Å². The van der Waals surface area contributed by atoms with Crippen LogP contribution < -0.4 is 9.62 Å².